The van der Waals surface area contributed by atoms with Crippen molar-refractivity contribution in [3.63, 3.8) is 0 Å². The molecule has 4 nitrogen and oxygen atoms in total. The monoisotopic (exact) mass is 354 g/mol. The zero-order valence-electron chi connectivity index (χ0n) is 15.2. The first-order valence-electron chi connectivity index (χ1n) is 8.76. The van der Waals surface area contributed by atoms with Crippen LogP contribution in [0.1, 0.15) is 34.1 Å². The van der Waals surface area contributed by atoms with Gasteiger partial charge in [0.25, 0.3) is 0 Å². The molecule has 0 aliphatic heterocycles. The van der Waals surface area contributed by atoms with Crippen molar-refractivity contribution in [3.8, 4) is 11.8 Å². The Morgan fingerprint density at radius 3 is 2.33 bits per heavy atom. The topological polar surface area (TPSA) is 66.0 Å². The molecule has 1 heterocycles. The maximum atomic E-state index is 12.5. The molecule has 0 bridgehead atoms. The molecule has 0 spiro atoms. The van der Waals surface area contributed by atoms with E-state index in [4.69, 9.17) is 0 Å². The molecule has 0 radical (unpaired) electrons. The smallest absolute Gasteiger partial charge is 0.162 e. The summed E-state index contributed by atoms with van der Waals surface area (Å²) in [5.74, 6) is -0.185. The van der Waals surface area contributed by atoms with E-state index in [-0.39, 0.29) is 17.1 Å². The van der Waals surface area contributed by atoms with Gasteiger partial charge >= 0.3 is 0 Å². The molecule has 4 aromatic rings. The largest absolute Gasteiger partial charge is 0.506 e. The second-order valence-corrected chi connectivity index (χ2v) is 6.69. The summed E-state index contributed by atoms with van der Waals surface area (Å²) in [7, 11) is 0. The number of aromatic nitrogens is 1. The molecule has 27 heavy (non-hydrogen) atoms. The normalized spacial score (nSPS) is 11.0. The first-order chi connectivity index (χ1) is 13.0. The summed E-state index contributed by atoms with van der Waals surface area (Å²) >= 11 is 0. The van der Waals surface area contributed by atoms with E-state index >= 15 is 0 Å². The lowest BCUT2D eigenvalue weighted by Crippen LogP contribution is -2.03. The minimum absolute atomic E-state index is 0.0695. The summed E-state index contributed by atoms with van der Waals surface area (Å²) < 4.78 is 2.07. The van der Waals surface area contributed by atoms with E-state index in [1.165, 1.54) is 6.92 Å². The Labute approximate surface area is 156 Å². The van der Waals surface area contributed by atoms with E-state index in [1.54, 1.807) is 6.07 Å². The number of fused-ring (bicyclic) bond motifs is 3. The molecule has 0 atom stereocenters. The summed E-state index contributed by atoms with van der Waals surface area (Å²) in [5, 5.41) is 22.4. The van der Waals surface area contributed by atoms with Crippen LogP contribution in [0.5, 0.6) is 5.75 Å². The summed E-state index contributed by atoms with van der Waals surface area (Å²) in [6.45, 7) is 3.98. The number of hydrogen-bond acceptors (Lipinski definition) is 3. The Hall–Kier alpha value is -3.58. The van der Waals surface area contributed by atoms with E-state index < -0.39 is 0 Å². The van der Waals surface area contributed by atoms with Gasteiger partial charge in [-0.1, -0.05) is 54.6 Å². The SMILES string of the molecule is CC(=O)c1c(C)n(Cc2ccccc2)c2c1c(C#N)c(O)c1ccccc12. The van der Waals surface area contributed by atoms with Gasteiger partial charge in [-0.05, 0) is 19.4 Å². The molecule has 1 aromatic heterocycles. The lowest BCUT2D eigenvalue weighted by atomic mass is 9.97. The Morgan fingerprint density at radius 1 is 1.07 bits per heavy atom. The molecule has 0 aliphatic rings. The highest BCUT2D eigenvalue weighted by Gasteiger charge is 2.25. The fraction of sp³-hybridized carbons (Fsp3) is 0.130. The van der Waals surface area contributed by atoms with Crippen LogP contribution in [0.15, 0.2) is 54.6 Å². The molecule has 3 aromatic carbocycles. The van der Waals surface area contributed by atoms with Crippen molar-refractivity contribution in [1.82, 2.24) is 4.57 Å². The highest BCUT2D eigenvalue weighted by Crippen LogP contribution is 2.41. The van der Waals surface area contributed by atoms with Crippen LogP contribution in [-0.2, 0) is 6.54 Å². The van der Waals surface area contributed by atoms with Crippen LogP contribution in [0, 0.1) is 18.3 Å². The van der Waals surface area contributed by atoms with Gasteiger partial charge in [0.1, 0.15) is 17.4 Å². The maximum absolute atomic E-state index is 12.5. The molecule has 1 N–H and O–H groups in total. The third kappa shape index (κ3) is 2.48. The number of nitriles is 1. The van der Waals surface area contributed by atoms with Crippen molar-refractivity contribution in [2.24, 2.45) is 0 Å². The van der Waals surface area contributed by atoms with E-state index in [1.807, 2.05) is 55.5 Å². The molecule has 4 rings (SSSR count). The van der Waals surface area contributed by atoms with Gasteiger partial charge in [-0.2, -0.15) is 5.26 Å². The van der Waals surface area contributed by atoms with Crippen molar-refractivity contribution >= 4 is 27.5 Å². The predicted molar refractivity (Wildman–Crippen MR) is 106 cm³/mol. The van der Waals surface area contributed by atoms with Crippen LogP contribution < -0.4 is 0 Å². The molecule has 0 fully saturated rings. The first-order valence-corrected chi connectivity index (χ1v) is 8.76. The van der Waals surface area contributed by atoms with Gasteiger partial charge < -0.3 is 9.67 Å². The lowest BCUT2D eigenvalue weighted by molar-refractivity contribution is 0.101. The Morgan fingerprint density at radius 2 is 1.70 bits per heavy atom. The van der Waals surface area contributed by atoms with Gasteiger partial charge in [0, 0.05) is 34.0 Å². The maximum Gasteiger partial charge on any atom is 0.162 e. The van der Waals surface area contributed by atoms with Gasteiger partial charge in [0.05, 0.1) is 5.52 Å². The Kier molecular flexibility index (Phi) is 3.93. The number of phenols is 1. The fourth-order valence-electron chi connectivity index (χ4n) is 3.91. The summed E-state index contributed by atoms with van der Waals surface area (Å²) in [5.41, 5.74) is 3.37. The minimum Gasteiger partial charge on any atom is -0.506 e. The number of aromatic hydroxyl groups is 1. The number of benzene rings is 3. The van der Waals surface area contributed by atoms with E-state index in [0.29, 0.717) is 22.9 Å². The number of nitrogens with zero attached hydrogens (tertiary/aromatic N) is 2. The number of rotatable bonds is 3. The zero-order valence-corrected chi connectivity index (χ0v) is 15.2. The zero-order chi connectivity index (χ0) is 19.1. The number of Topliss-reactive ketones (excluding diaryl/α,β-unsaturated/α-hetero) is 1. The van der Waals surface area contributed by atoms with Gasteiger partial charge in [-0.15, -0.1) is 0 Å². The number of carbonyl (C=O) groups is 1. The number of hydrogen-bond donors (Lipinski definition) is 1. The van der Waals surface area contributed by atoms with E-state index in [0.717, 1.165) is 22.2 Å². The van der Waals surface area contributed by atoms with Crippen molar-refractivity contribution in [3.05, 3.63) is 77.0 Å². The third-order valence-corrected chi connectivity index (χ3v) is 5.09. The molecule has 0 saturated carbocycles. The summed E-state index contributed by atoms with van der Waals surface area (Å²) in [4.78, 5) is 12.5. The molecule has 4 heteroatoms. The summed E-state index contributed by atoms with van der Waals surface area (Å²) in [6, 6.07) is 19.6. The molecule has 0 aliphatic carbocycles. The number of phenolic OH excluding ortho intramolecular Hbond substituents is 1. The van der Waals surface area contributed by atoms with Gasteiger partial charge in [0.15, 0.2) is 5.78 Å². The number of ketones is 1. The fourth-order valence-corrected chi connectivity index (χ4v) is 3.91. The van der Waals surface area contributed by atoms with Crippen molar-refractivity contribution in [1.29, 1.82) is 5.26 Å². The van der Waals surface area contributed by atoms with Crippen LogP contribution in [0.25, 0.3) is 21.7 Å². The van der Waals surface area contributed by atoms with Crippen molar-refractivity contribution in [2.75, 3.05) is 0 Å². The second kappa shape index (κ2) is 6.30. The van der Waals surface area contributed by atoms with Gasteiger partial charge in [-0.25, -0.2) is 0 Å². The number of carbonyl (C=O) groups excluding carboxylic acids is 1. The minimum atomic E-state index is -0.115. The average Bonchev–Trinajstić information content (AvgIpc) is 2.96. The Balaban J connectivity index is 2.21. The lowest BCUT2D eigenvalue weighted by Gasteiger charge is -2.12. The third-order valence-electron chi connectivity index (χ3n) is 5.09. The van der Waals surface area contributed by atoms with Crippen LogP contribution in [0.3, 0.4) is 0 Å². The highest BCUT2D eigenvalue weighted by atomic mass is 16.3. The molecule has 132 valence electrons. The van der Waals surface area contributed by atoms with Crippen LogP contribution in [-0.4, -0.2) is 15.5 Å². The molecular weight excluding hydrogens is 336 g/mol. The second-order valence-electron chi connectivity index (χ2n) is 6.69. The summed E-state index contributed by atoms with van der Waals surface area (Å²) in [6.07, 6.45) is 0. The quantitative estimate of drug-likeness (QED) is 0.530. The molecular formula is C23H18N2O2. The van der Waals surface area contributed by atoms with Crippen LogP contribution >= 0.6 is 0 Å². The van der Waals surface area contributed by atoms with E-state index in [2.05, 4.69) is 10.6 Å². The molecule has 0 unspecified atom stereocenters. The molecule has 0 saturated heterocycles. The standard InChI is InChI=1S/C23H18N2O2/c1-14-20(15(2)26)21-19(12-24)23(27)18-11-7-6-10-17(18)22(21)25(14)13-16-8-4-3-5-9-16/h3-11,27H,13H2,1-2H3. The highest BCUT2D eigenvalue weighted by molar-refractivity contribution is 6.19. The first kappa shape index (κ1) is 16.9. The Bertz CT molecular complexity index is 1240. The van der Waals surface area contributed by atoms with Crippen LogP contribution in [0.2, 0.25) is 0 Å². The average molecular weight is 354 g/mol. The van der Waals surface area contributed by atoms with E-state index in [9.17, 15) is 15.2 Å². The predicted octanol–water partition coefficient (Wildman–Crippen LogP) is 4.93. The van der Waals surface area contributed by atoms with Crippen LogP contribution in [0.4, 0.5) is 0 Å². The van der Waals surface area contributed by atoms with Gasteiger partial charge in [0.2, 0.25) is 0 Å². The molecule has 0 amide bonds. The van der Waals surface area contributed by atoms with Crippen molar-refractivity contribution in [2.45, 2.75) is 20.4 Å². The van der Waals surface area contributed by atoms with Crippen molar-refractivity contribution < 1.29 is 9.90 Å². The van der Waals surface area contributed by atoms with Gasteiger partial charge in [-0.3, -0.25) is 4.79 Å².